The average molecular weight is 225 g/mol. The largest absolute Gasteiger partial charge is 0.335 e. The number of rotatable bonds is 3. The summed E-state index contributed by atoms with van der Waals surface area (Å²) in [6.45, 7) is 3.99. The first-order valence-corrected chi connectivity index (χ1v) is 6.36. The van der Waals surface area contributed by atoms with Crippen molar-refractivity contribution >= 4 is 5.91 Å². The summed E-state index contributed by atoms with van der Waals surface area (Å²) >= 11 is 0. The maximum atomic E-state index is 12.1. The smallest absolute Gasteiger partial charge is 0.239 e. The molecule has 4 nitrogen and oxygen atoms in total. The molecule has 2 rings (SSSR count). The van der Waals surface area contributed by atoms with Crippen LogP contribution in [-0.2, 0) is 4.79 Å². The van der Waals surface area contributed by atoms with E-state index < -0.39 is 0 Å². The zero-order valence-electron chi connectivity index (χ0n) is 10.4. The number of carbonyl (C=O) groups is 1. The fraction of sp³-hybridized carbons (Fsp3) is 0.917. The standard InChI is InChI=1S/C12H23N3O/c1-9(13)12(16)15(10-3-4-10)11-5-7-14(2)8-6-11/h9-11H,3-8,13H2,1-2H3/t9-/m0/s1. The molecule has 0 unspecified atom stereocenters. The van der Waals surface area contributed by atoms with Gasteiger partial charge in [-0.15, -0.1) is 0 Å². The van der Waals surface area contributed by atoms with Crippen molar-refractivity contribution in [2.45, 2.75) is 50.7 Å². The van der Waals surface area contributed by atoms with Gasteiger partial charge in [0, 0.05) is 12.1 Å². The van der Waals surface area contributed by atoms with Gasteiger partial charge in [0.1, 0.15) is 0 Å². The Balaban J connectivity index is 1.99. The number of carbonyl (C=O) groups excluding carboxylic acids is 1. The number of nitrogens with zero attached hydrogens (tertiary/aromatic N) is 2. The van der Waals surface area contributed by atoms with Crippen molar-refractivity contribution < 1.29 is 4.79 Å². The van der Waals surface area contributed by atoms with Gasteiger partial charge in [0.2, 0.25) is 5.91 Å². The number of piperidine rings is 1. The van der Waals surface area contributed by atoms with Crippen LogP contribution in [0.4, 0.5) is 0 Å². The Morgan fingerprint density at radius 1 is 1.25 bits per heavy atom. The third-order valence-electron chi connectivity index (χ3n) is 3.67. The van der Waals surface area contributed by atoms with Gasteiger partial charge in [-0.2, -0.15) is 0 Å². The Labute approximate surface area is 97.8 Å². The Morgan fingerprint density at radius 3 is 2.19 bits per heavy atom. The van der Waals surface area contributed by atoms with E-state index in [0.717, 1.165) is 25.9 Å². The van der Waals surface area contributed by atoms with Gasteiger partial charge >= 0.3 is 0 Å². The lowest BCUT2D eigenvalue weighted by Gasteiger charge is -2.38. The molecule has 0 radical (unpaired) electrons. The number of likely N-dealkylation sites (tertiary alicyclic amines) is 1. The van der Waals surface area contributed by atoms with E-state index in [0.29, 0.717) is 12.1 Å². The van der Waals surface area contributed by atoms with Crippen molar-refractivity contribution in [2.75, 3.05) is 20.1 Å². The molecule has 4 heteroatoms. The lowest BCUT2D eigenvalue weighted by Crippen LogP contribution is -2.52. The molecule has 0 spiro atoms. The summed E-state index contributed by atoms with van der Waals surface area (Å²) in [4.78, 5) is 16.5. The van der Waals surface area contributed by atoms with Crippen molar-refractivity contribution in [1.29, 1.82) is 0 Å². The SMILES string of the molecule is C[C@H](N)C(=O)N(C1CC1)C1CCN(C)CC1. The third-order valence-corrected chi connectivity index (χ3v) is 3.67. The lowest BCUT2D eigenvalue weighted by molar-refractivity contribution is -0.136. The summed E-state index contributed by atoms with van der Waals surface area (Å²) in [7, 11) is 2.14. The van der Waals surface area contributed by atoms with Crippen LogP contribution in [0.2, 0.25) is 0 Å². The molecule has 2 N–H and O–H groups in total. The fourth-order valence-corrected chi connectivity index (χ4v) is 2.52. The number of hydrogen-bond donors (Lipinski definition) is 1. The van der Waals surface area contributed by atoms with Gasteiger partial charge in [0.25, 0.3) is 0 Å². The zero-order chi connectivity index (χ0) is 11.7. The van der Waals surface area contributed by atoms with E-state index in [1.807, 2.05) is 0 Å². The van der Waals surface area contributed by atoms with E-state index in [4.69, 9.17) is 5.73 Å². The molecular formula is C12H23N3O. The molecule has 1 atom stereocenters. The van der Waals surface area contributed by atoms with Gasteiger partial charge in [-0.05, 0) is 52.7 Å². The Kier molecular flexibility index (Phi) is 3.50. The highest BCUT2D eigenvalue weighted by Gasteiger charge is 2.38. The summed E-state index contributed by atoms with van der Waals surface area (Å²) in [5.41, 5.74) is 5.73. The highest BCUT2D eigenvalue weighted by Crippen LogP contribution is 2.32. The van der Waals surface area contributed by atoms with Gasteiger partial charge in [-0.25, -0.2) is 0 Å². The summed E-state index contributed by atoms with van der Waals surface area (Å²) in [5.74, 6) is 0.150. The van der Waals surface area contributed by atoms with E-state index in [1.54, 1.807) is 6.92 Å². The molecule has 16 heavy (non-hydrogen) atoms. The second kappa shape index (κ2) is 4.72. The summed E-state index contributed by atoms with van der Waals surface area (Å²) in [6.07, 6.45) is 4.55. The highest BCUT2D eigenvalue weighted by atomic mass is 16.2. The molecule has 92 valence electrons. The van der Waals surface area contributed by atoms with Crippen LogP contribution in [0.15, 0.2) is 0 Å². The second-order valence-electron chi connectivity index (χ2n) is 5.30. The van der Waals surface area contributed by atoms with Gasteiger partial charge in [0.05, 0.1) is 6.04 Å². The van der Waals surface area contributed by atoms with Gasteiger partial charge < -0.3 is 15.5 Å². The Bertz CT molecular complexity index is 255. The maximum absolute atomic E-state index is 12.1. The quantitative estimate of drug-likeness (QED) is 0.757. The normalized spacial score (nSPS) is 25.4. The highest BCUT2D eigenvalue weighted by molar-refractivity contribution is 5.82. The molecule has 1 heterocycles. The van der Waals surface area contributed by atoms with Crippen molar-refractivity contribution in [1.82, 2.24) is 9.80 Å². The number of nitrogens with two attached hydrogens (primary N) is 1. The predicted octanol–water partition coefficient (Wildman–Crippen LogP) is 0.419. The first-order valence-electron chi connectivity index (χ1n) is 6.36. The van der Waals surface area contributed by atoms with Crippen LogP contribution in [0.25, 0.3) is 0 Å². The molecule has 0 bridgehead atoms. The molecule has 0 aromatic heterocycles. The van der Waals surface area contributed by atoms with Gasteiger partial charge in [0.15, 0.2) is 0 Å². The molecule has 1 saturated carbocycles. The first-order chi connectivity index (χ1) is 7.59. The van der Waals surface area contributed by atoms with Crippen LogP contribution in [0.3, 0.4) is 0 Å². The fourth-order valence-electron chi connectivity index (χ4n) is 2.52. The predicted molar refractivity (Wildman–Crippen MR) is 64.0 cm³/mol. The van der Waals surface area contributed by atoms with E-state index >= 15 is 0 Å². The molecule has 1 aliphatic heterocycles. The van der Waals surface area contributed by atoms with Gasteiger partial charge in [-0.3, -0.25) is 4.79 Å². The molecule has 1 amide bonds. The van der Waals surface area contributed by atoms with Crippen LogP contribution < -0.4 is 5.73 Å². The maximum Gasteiger partial charge on any atom is 0.239 e. The molecule has 1 aliphatic carbocycles. The Hall–Kier alpha value is -0.610. The van der Waals surface area contributed by atoms with E-state index in [1.165, 1.54) is 12.8 Å². The van der Waals surface area contributed by atoms with Crippen molar-refractivity contribution in [3.63, 3.8) is 0 Å². The topological polar surface area (TPSA) is 49.6 Å². The van der Waals surface area contributed by atoms with Crippen LogP contribution in [-0.4, -0.2) is 54.0 Å². The van der Waals surface area contributed by atoms with Crippen molar-refractivity contribution in [3.8, 4) is 0 Å². The Morgan fingerprint density at radius 2 is 1.75 bits per heavy atom. The van der Waals surface area contributed by atoms with Gasteiger partial charge in [-0.1, -0.05) is 0 Å². The molecule has 1 saturated heterocycles. The molecule has 2 aliphatic rings. The summed E-state index contributed by atoms with van der Waals surface area (Å²) in [5, 5.41) is 0. The monoisotopic (exact) mass is 225 g/mol. The number of amides is 1. The molecule has 0 aromatic rings. The minimum atomic E-state index is -0.347. The minimum Gasteiger partial charge on any atom is -0.335 e. The minimum absolute atomic E-state index is 0.150. The van der Waals surface area contributed by atoms with Crippen LogP contribution in [0, 0.1) is 0 Å². The molecule has 0 aromatic carbocycles. The van der Waals surface area contributed by atoms with Crippen LogP contribution in [0.5, 0.6) is 0 Å². The number of hydrogen-bond acceptors (Lipinski definition) is 3. The lowest BCUT2D eigenvalue weighted by atomic mass is 10.0. The third kappa shape index (κ3) is 2.55. The van der Waals surface area contributed by atoms with E-state index in [9.17, 15) is 4.79 Å². The molecule has 2 fully saturated rings. The van der Waals surface area contributed by atoms with E-state index in [-0.39, 0.29) is 11.9 Å². The van der Waals surface area contributed by atoms with Crippen molar-refractivity contribution in [3.05, 3.63) is 0 Å². The summed E-state index contributed by atoms with van der Waals surface area (Å²) < 4.78 is 0. The first kappa shape index (κ1) is 11.9. The van der Waals surface area contributed by atoms with Crippen LogP contribution >= 0.6 is 0 Å². The average Bonchev–Trinajstić information content (AvgIpc) is 3.05. The van der Waals surface area contributed by atoms with E-state index in [2.05, 4.69) is 16.8 Å². The van der Waals surface area contributed by atoms with Crippen LogP contribution in [0.1, 0.15) is 32.6 Å². The molecular weight excluding hydrogens is 202 g/mol. The second-order valence-corrected chi connectivity index (χ2v) is 5.30. The van der Waals surface area contributed by atoms with Crippen molar-refractivity contribution in [2.24, 2.45) is 5.73 Å². The summed E-state index contributed by atoms with van der Waals surface area (Å²) in [6, 6.07) is 0.578. The zero-order valence-corrected chi connectivity index (χ0v) is 10.4.